The van der Waals surface area contributed by atoms with Crippen LogP contribution in [0.3, 0.4) is 0 Å². The number of aromatic nitrogens is 1. The van der Waals surface area contributed by atoms with Crippen molar-refractivity contribution < 1.29 is 4.52 Å². The number of rotatable bonds is 5. The Balaban J connectivity index is 1.47. The Hall–Kier alpha value is -1.91. The minimum Gasteiger partial charge on any atom is -0.361 e. The zero-order valence-electron chi connectivity index (χ0n) is 15.9. The predicted octanol–water partition coefficient (Wildman–Crippen LogP) is 4.03. The maximum absolute atomic E-state index is 5.36. The number of fused-ring (bicyclic) bond motifs is 4. The summed E-state index contributed by atoms with van der Waals surface area (Å²) >= 11 is 0. The van der Waals surface area contributed by atoms with Gasteiger partial charge >= 0.3 is 0 Å². The maximum Gasteiger partial charge on any atom is 0.138 e. The highest BCUT2D eigenvalue weighted by Gasteiger charge is 2.35. The van der Waals surface area contributed by atoms with Gasteiger partial charge in [0.05, 0.1) is 5.69 Å². The zero-order chi connectivity index (χ0) is 18.1. The van der Waals surface area contributed by atoms with Crippen LogP contribution in [0.4, 0.5) is 0 Å². The Labute approximate surface area is 156 Å². The molecule has 0 saturated carbocycles. The van der Waals surface area contributed by atoms with Gasteiger partial charge in [-0.2, -0.15) is 0 Å². The van der Waals surface area contributed by atoms with E-state index in [2.05, 4.69) is 52.7 Å². The van der Waals surface area contributed by atoms with Gasteiger partial charge in [0, 0.05) is 44.3 Å². The van der Waals surface area contributed by atoms with E-state index in [4.69, 9.17) is 4.52 Å². The second kappa shape index (κ2) is 7.37. The first-order valence-corrected chi connectivity index (χ1v) is 9.72. The van der Waals surface area contributed by atoms with Gasteiger partial charge in [-0.25, -0.2) is 0 Å². The average molecular weight is 351 g/mol. The fraction of sp³-hybridized carbons (Fsp3) is 0.500. The Morgan fingerprint density at radius 3 is 2.85 bits per heavy atom. The van der Waals surface area contributed by atoms with E-state index in [9.17, 15) is 0 Å². The van der Waals surface area contributed by atoms with Gasteiger partial charge in [-0.3, -0.25) is 9.80 Å². The lowest BCUT2D eigenvalue weighted by atomic mass is 9.94. The van der Waals surface area contributed by atoms with E-state index in [0.29, 0.717) is 6.04 Å². The predicted molar refractivity (Wildman–Crippen MR) is 105 cm³/mol. The number of nitrogens with zero attached hydrogens (tertiary/aromatic N) is 3. The van der Waals surface area contributed by atoms with Crippen LogP contribution in [0.25, 0.3) is 6.08 Å². The van der Waals surface area contributed by atoms with Crippen molar-refractivity contribution in [3.05, 3.63) is 59.0 Å². The van der Waals surface area contributed by atoms with E-state index in [1.165, 1.54) is 42.6 Å². The summed E-state index contributed by atoms with van der Waals surface area (Å²) in [6.45, 7) is 13.5. The van der Waals surface area contributed by atoms with Crippen LogP contribution in [-0.4, -0.2) is 40.6 Å². The molecule has 0 unspecified atom stereocenters. The number of hydrogen-bond acceptors (Lipinski definition) is 4. The van der Waals surface area contributed by atoms with Gasteiger partial charge in [-0.1, -0.05) is 42.1 Å². The first kappa shape index (κ1) is 17.5. The molecule has 5 rings (SSSR count). The highest BCUT2D eigenvalue weighted by Crippen LogP contribution is 2.30. The molecular formula is C22H29N3O. The van der Waals surface area contributed by atoms with Crippen LogP contribution in [0.1, 0.15) is 41.0 Å². The molecule has 0 N–H and O–H groups in total. The van der Waals surface area contributed by atoms with Crippen LogP contribution in [0.2, 0.25) is 0 Å². The summed E-state index contributed by atoms with van der Waals surface area (Å²) in [6, 6.07) is 9.42. The van der Waals surface area contributed by atoms with Crippen LogP contribution in [0.15, 0.2) is 35.4 Å². The molecule has 4 heterocycles. The third-order valence-corrected chi connectivity index (χ3v) is 6.04. The average Bonchev–Trinajstić information content (AvgIpc) is 2.82. The minimum absolute atomic E-state index is 0.640. The topological polar surface area (TPSA) is 32.5 Å². The van der Waals surface area contributed by atoms with Crippen molar-refractivity contribution >= 4 is 6.08 Å². The Kier molecular flexibility index (Phi) is 4.96. The molecular weight excluding hydrogens is 322 g/mol. The van der Waals surface area contributed by atoms with Crippen molar-refractivity contribution in [2.24, 2.45) is 5.92 Å². The van der Waals surface area contributed by atoms with Crippen LogP contribution in [-0.2, 0) is 13.1 Å². The van der Waals surface area contributed by atoms with E-state index in [1.807, 2.05) is 13.0 Å². The Morgan fingerprint density at radius 1 is 1.19 bits per heavy atom. The first-order valence-electron chi connectivity index (χ1n) is 9.72. The normalized spacial score (nSPS) is 23.9. The summed E-state index contributed by atoms with van der Waals surface area (Å²) < 4.78 is 5.36. The molecule has 0 radical (unpaired) electrons. The van der Waals surface area contributed by atoms with E-state index in [-0.39, 0.29) is 0 Å². The second-order valence-electron chi connectivity index (χ2n) is 7.97. The van der Waals surface area contributed by atoms with E-state index in [0.717, 1.165) is 37.0 Å². The van der Waals surface area contributed by atoms with Crippen molar-refractivity contribution in [1.82, 2.24) is 15.0 Å². The smallest absolute Gasteiger partial charge is 0.138 e. The molecule has 2 atom stereocenters. The van der Waals surface area contributed by atoms with E-state index in [1.54, 1.807) is 0 Å². The van der Waals surface area contributed by atoms with E-state index < -0.39 is 0 Å². The zero-order valence-corrected chi connectivity index (χ0v) is 15.9. The second-order valence-corrected chi connectivity index (χ2v) is 7.97. The summed E-state index contributed by atoms with van der Waals surface area (Å²) in [7, 11) is 0. The molecule has 1 aromatic carbocycles. The van der Waals surface area contributed by atoms with Gasteiger partial charge in [-0.15, -0.1) is 0 Å². The third kappa shape index (κ3) is 3.62. The van der Waals surface area contributed by atoms with Gasteiger partial charge in [-0.05, 0) is 43.7 Å². The van der Waals surface area contributed by atoms with Gasteiger partial charge in [0.1, 0.15) is 5.76 Å². The third-order valence-electron chi connectivity index (χ3n) is 6.04. The molecule has 1 aromatic heterocycles. The lowest BCUT2D eigenvalue weighted by Crippen LogP contribution is -2.43. The monoisotopic (exact) mass is 351 g/mol. The van der Waals surface area contributed by atoms with Gasteiger partial charge in [0.15, 0.2) is 0 Å². The summed E-state index contributed by atoms with van der Waals surface area (Å²) in [5, 5.41) is 4.13. The van der Waals surface area contributed by atoms with Crippen molar-refractivity contribution in [3.63, 3.8) is 0 Å². The SMILES string of the molecule is C=Cc1cccc(CN2C[C@@H]3CC[C@H]2CN(Cc2c(C)noc2C)C3)c1. The molecule has 0 amide bonds. The lowest BCUT2D eigenvalue weighted by Gasteiger charge is -2.36. The summed E-state index contributed by atoms with van der Waals surface area (Å²) in [5.41, 5.74) is 4.92. The Bertz CT molecular complexity index is 762. The number of benzene rings is 1. The first-order chi connectivity index (χ1) is 12.6. The number of piperidine rings is 1. The van der Waals surface area contributed by atoms with Crippen LogP contribution in [0, 0.1) is 19.8 Å². The molecule has 4 heteroatoms. The van der Waals surface area contributed by atoms with E-state index >= 15 is 0 Å². The van der Waals surface area contributed by atoms with Crippen molar-refractivity contribution in [2.45, 2.75) is 45.8 Å². The molecule has 2 bridgehead atoms. The molecule has 3 aliphatic heterocycles. The largest absolute Gasteiger partial charge is 0.361 e. The summed E-state index contributed by atoms with van der Waals surface area (Å²) in [4.78, 5) is 5.32. The molecule has 0 spiro atoms. The molecule has 0 aliphatic carbocycles. The molecule has 26 heavy (non-hydrogen) atoms. The standard InChI is InChI=1S/C22H29N3O/c1-4-18-6-5-7-19(10-18)12-25-13-20-8-9-21(25)14-24(11-20)15-22-16(2)23-26-17(22)3/h4-7,10,20-21H,1,8-9,11-15H2,2-3H3/t20-,21+/m1/s1. The molecule has 2 aromatic rings. The summed E-state index contributed by atoms with van der Waals surface area (Å²) in [5.74, 6) is 1.73. The number of hydrogen-bond donors (Lipinski definition) is 0. The Morgan fingerprint density at radius 2 is 2.08 bits per heavy atom. The molecule has 4 nitrogen and oxygen atoms in total. The van der Waals surface area contributed by atoms with Gasteiger partial charge < -0.3 is 4.52 Å². The fourth-order valence-corrected chi connectivity index (χ4v) is 4.60. The highest BCUT2D eigenvalue weighted by atomic mass is 16.5. The van der Waals surface area contributed by atoms with Crippen LogP contribution in [0.5, 0.6) is 0 Å². The van der Waals surface area contributed by atoms with Crippen molar-refractivity contribution in [1.29, 1.82) is 0 Å². The van der Waals surface area contributed by atoms with Crippen LogP contribution < -0.4 is 0 Å². The fourth-order valence-electron chi connectivity index (χ4n) is 4.60. The number of aryl methyl sites for hydroxylation is 2. The lowest BCUT2D eigenvalue weighted by molar-refractivity contribution is 0.123. The molecule has 3 fully saturated rings. The van der Waals surface area contributed by atoms with Gasteiger partial charge in [0.25, 0.3) is 0 Å². The minimum atomic E-state index is 0.640. The van der Waals surface area contributed by atoms with Crippen molar-refractivity contribution in [3.8, 4) is 0 Å². The maximum atomic E-state index is 5.36. The quantitative estimate of drug-likeness (QED) is 0.814. The molecule has 3 saturated heterocycles. The van der Waals surface area contributed by atoms with Crippen molar-refractivity contribution in [2.75, 3.05) is 19.6 Å². The molecule has 3 aliphatic rings. The summed E-state index contributed by atoms with van der Waals surface area (Å²) in [6.07, 6.45) is 4.60. The highest BCUT2D eigenvalue weighted by molar-refractivity contribution is 5.47. The molecule has 138 valence electrons. The van der Waals surface area contributed by atoms with Crippen LogP contribution >= 0.6 is 0 Å². The van der Waals surface area contributed by atoms with Gasteiger partial charge in [0.2, 0.25) is 0 Å².